The van der Waals surface area contributed by atoms with Crippen LogP contribution >= 0.6 is 0 Å². The average Bonchev–Trinajstić information content (AvgIpc) is 2.38. The molecule has 0 saturated carbocycles. The molecule has 2 rings (SSSR count). The van der Waals surface area contributed by atoms with Crippen molar-refractivity contribution in [3.63, 3.8) is 0 Å². The topological polar surface area (TPSA) is 68.6 Å². The third-order valence-electron chi connectivity index (χ3n) is 2.68. The minimum absolute atomic E-state index is 0. The molecule has 2 heterocycles. The van der Waals surface area contributed by atoms with Gasteiger partial charge in [-0.3, -0.25) is 0 Å². The fourth-order valence-electron chi connectivity index (χ4n) is 1.69. The molecule has 0 saturated heterocycles. The predicted molar refractivity (Wildman–Crippen MR) is 69.9 cm³/mol. The number of aromatic nitrogens is 1. The summed E-state index contributed by atoms with van der Waals surface area (Å²) in [6, 6.07) is 1.40. The van der Waals surface area contributed by atoms with Crippen LogP contribution in [0, 0.1) is 11.7 Å². The van der Waals surface area contributed by atoms with Crippen molar-refractivity contribution in [2.45, 2.75) is 20.4 Å². The largest absolute Gasteiger partial charge is 0.466 e. The molecule has 1 aromatic rings. The van der Waals surface area contributed by atoms with E-state index in [2.05, 4.69) is 15.4 Å². The Hall–Kier alpha value is -1.00. The molecule has 0 aliphatic carbocycles. The number of pyridine rings is 1. The smallest absolute Gasteiger partial charge is 0.167 e. The van der Waals surface area contributed by atoms with Crippen LogP contribution in [0.3, 0.4) is 0 Å². The molecule has 1 aliphatic heterocycles. The van der Waals surface area contributed by atoms with Crippen molar-refractivity contribution >= 4 is 11.7 Å². The molecule has 0 fully saturated rings. The summed E-state index contributed by atoms with van der Waals surface area (Å²) >= 11 is 0. The summed E-state index contributed by atoms with van der Waals surface area (Å²) in [6.45, 7) is 5.44. The summed E-state index contributed by atoms with van der Waals surface area (Å²) < 4.78 is 13.9. The van der Waals surface area contributed by atoms with E-state index in [4.69, 9.17) is 5.73 Å². The van der Waals surface area contributed by atoms with E-state index in [9.17, 15) is 4.39 Å². The fourth-order valence-corrected chi connectivity index (χ4v) is 1.69. The monoisotopic (exact) mass is 445 g/mol. The first-order chi connectivity index (χ1) is 8.61. The molecule has 108 valence electrons. The van der Waals surface area contributed by atoms with Crippen LogP contribution in [0.2, 0.25) is 0 Å². The van der Waals surface area contributed by atoms with Crippen molar-refractivity contribution in [3.8, 4) is 0 Å². The SMILES string of the molecule is CC(C)C1=NN(c2ncc(CN)cc2F)CC[N-]1.[Pt]. The molecule has 5 nitrogen and oxygen atoms in total. The molecule has 2 N–H and O–H groups in total. The van der Waals surface area contributed by atoms with E-state index in [-0.39, 0.29) is 39.3 Å². The number of nitrogens with two attached hydrogens (primary N) is 1. The van der Waals surface area contributed by atoms with Gasteiger partial charge < -0.3 is 21.2 Å². The van der Waals surface area contributed by atoms with E-state index in [0.717, 1.165) is 5.84 Å². The number of anilines is 1. The summed E-state index contributed by atoms with van der Waals surface area (Å²) in [7, 11) is 0. The van der Waals surface area contributed by atoms with Gasteiger partial charge in [-0.2, -0.15) is 0 Å². The molecule has 7 heteroatoms. The number of hydrazone groups is 1. The molecule has 0 aromatic carbocycles. The van der Waals surface area contributed by atoms with Crippen molar-refractivity contribution in [3.05, 3.63) is 29.0 Å². The van der Waals surface area contributed by atoms with Gasteiger partial charge in [0.05, 0.1) is 0 Å². The van der Waals surface area contributed by atoms with Gasteiger partial charge in [-0.1, -0.05) is 19.7 Å². The molecule has 0 spiro atoms. The van der Waals surface area contributed by atoms with Crippen LogP contribution in [0.1, 0.15) is 19.4 Å². The predicted octanol–water partition coefficient (Wildman–Crippen LogP) is 1.84. The minimum atomic E-state index is -0.397. The fraction of sp³-hybridized carbons (Fsp3) is 0.500. The van der Waals surface area contributed by atoms with E-state index in [1.807, 2.05) is 13.8 Å². The van der Waals surface area contributed by atoms with E-state index >= 15 is 0 Å². The number of hydrogen-bond donors (Lipinski definition) is 1. The maximum atomic E-state index is 13.9. The quantitative estimate of drug-likeness (QED) is 0.772. The number of hydrogen-bond acceptors (Lipinski definition) is 4. The van der Waals surface area contributed by atoms with Gasteiger partial charge in [-0.15, -0.1) is 0 Å². The number of rotatable bonds is 3. The van der Waals surface area contributed by atoms with E-state index < -0.39 is 5.82 Å². The number of amidine groups is 1. The first kappa shape index (κ1) is 16.1. The third-order valence-corrected chi connectivity index (χ3v) is 2.68. The molecule has 0 amide bonds. The van der Waals surface area contributed by atoms with Crippen LogP contribution in [0.5, 0.6) is 0 Å². The Morgan fingerprint density at radius 1 is 1.53 bits per heavy atom. The number of nitrogens with zero attached hydrogens (tertiary/aromatic N) is 4. The Bertz CT molecular complexity index is 463. The molecule has 19 heavy (non-hydrogen) atoms. The maximum absolute atomic E-state index is 13.9. The van der Waals surface area contributed by atoms with Crippen LogP contribution < -0.4 is 10.7 Å². The summed E-state index contributed by atoms with van der Waals surface area (Å²) in [5.41, 5.74) is 6.12. The van der Waals surface area contributed by atoms with Crippen molar-refractivity contribution in [1.29, 1.82) is 0 Å². The van der Waals surface area contributed by atoms with Gasteiger partial charge >= 0.3 is 0 Å². The molecule has 0 atom stereocenters. The summed E-state index contributed by atoms with van der Waals surface area (Å²) in [5, 5.41) is 10.2. The van der Waals surface area contributed by atoms with Crippen LogP contribution in [-0.4, -0.2) is 23.9 Å². The Morgan fingerprint density at radius 3 is 2.84 bits per heavy atom. The molecule has 0 radical (unpaired) electrons. The molecule has 0 unspecified atom stereocenters. The van der Waals surface area contributed by atoms with Gasteiger partial charge in [-0.05, 0) is 24.1 Å². The summed E-state index contributed by atoms with van der Waals surface area (Å²) in [6.07, 6.45) is 1.58. The Balaban J connectivity index is 0.00000180. The zero-order valence-electron chi connectivity index (χ0n) is 10.9. The van der Waals surface area contributed by atoms with Crippen molar-refractivity contribution < 1.29 is 25.5 Å². The standard InChI is InChI=1S/C12H17FN5.Pt/c1-8(2)11-15-3-4-18(17-11)12-10(13)5-9(6-14)7-16-12;/h5,7-8H,3-4,6,14H2,1-2H3;/q-1;. The second kappa shape index (κ2) is 6.96. The zero-order valence-corrected chi connectivity index (χ0v) is 13.2. The summed E-state index contributed by atoms with van der Waals surface area (Å²) in [5.74, 6) is 0.788. The molecular weight excluding hydrogens is 428 g/mol. The van der Waals surface area contributed by atoms with E-state index in [0.29, 0.717) is 18.7 Å². The van der Waals surface area contributed by atoms with Crippen LogP contribution in [0.15, 0.2) is 17.4 Å². The molecule has 1 aliphatic rings. The third kappa shape index (κ3) is 3.73. The van der Waals surface area contributed by atoms with Gasteiger partial charge in [0.1, 0.15) is 0 Å². The van der Waals surface area contributed by atoms with Gasteiger partial charge in [0.25, 0.3) is 0 Å². The molecular formula is C12H17FN5Pt-. The maximum Gasteiger partial charge on any atom is 0.167 e. The molecule has 1 aromatic heterocycles. The van der Waals surface area contributed by atoms with Crippen LogP contribution in [0.25, 0.3) is 5.32 Å². The van der Waals surface area contributed by atoms with E-state index in [1.165, 1.54) is 6.07 Å². The first-order valence-electron chi connectivity index (χ1n) is 6.00. The van der Waals surface area contributed by atoms with Crippen molar-refractivity contribution in [2.24, 2.45) is 16.8 Å². The Morgan fingerprint density at radius 2 is 2.26 bits per heavy atom. The van der Waals surface area contributed by atoms with Crippen molar-refractivity contribution in [1.82, 2.24) is 4.98 Å². The summed E-state index contributed by atoms with van der Waals surface area (Å²) in [4.78, 5) is 4.09. The van der Waals surface area contributed by atoms with Gasteiger partial charge in [0.15, 0.2) is 11.6 Å². The van der Waals surface area contributed by atoms with Gasteiger partial charge in [-0.25, -0.2) is 9.37 Å². The van der Waals surface area contributed by atoms with Gasteiger partial charge in [0, 0.05) is 40.4 Å². The van der Waals surface area contributed by atoms with Gasteiger partial charge in [0.2, 0.25) is 0 Å². The number of halogens is 1. The average molecular weight is 445 g/mol. The minimum Gasteiger partial charge on any atom is -0.466 e. The Labute approximate surface area is 126 Å². The van der Waals surface area contributed by atoms with Crippen LogP contribution in [-0.2, 0) is 27.6 Å². The normalized spacial score (nSPS) is 14.8. The second-order valence-corrected chi connectivity index (χ2v) is 4.47. The van der Waals surface area contributed by atoms with E-state index in [1.54, 1.807) is 11.2 Å². The van der Waals surface area contributed by atoms with Crippen LogP contribution in [0.4, 0.5) is 10.2 Å². The first-order valence-corrected chi connectivity index (χ1v) is 6.00. The second-order valence-electron chi connectivity index (χ2n) is 4.47. The Kier molecular flexibility index (Phi) is 5.88. The molecule has 0 bridgehead atoms. The zero-order chi connectivity index (χ0) is 13.1. The van der Waals surface area contributed by atoms with Crippen molar-refractivity contribution in [2.75, 3.05) is 18.1 Å².